The molecule has 0 aromatic rings. The molecule has 20 heavy (non-hydrogen) atoms. The van der Waals surface area contributed by atoms with E-state index in [0.717, 1.165) is 30.2 Å². The maximum absolute atomic E-state index is 3.76. The quantitative estimate of drug-likeness (QED) is 0.831. The third-order valence-electron chi connectivity index (χ3n) is 5.95. The molecule has 2 saturated heterocycles. The molecule has 3 heteroatoms. The lowest BCUT2D eigenvalue weighted by Crippen LogP contribution is -2.49. The SMILES string of the molecule is CC1CC(N(CC2CCCCN2)C2CC2)CN1C1CC1. The highest BCUT2D eigenvalue weighted by Gasteiger charge is 2.44. The van der Waals surface area contributed by atoms with Crippen molar-refractivity contribution in [1.82, 2.24) is 15.1 Å². The first-order valence-electron chi connectivity index (χ1n) is 9.06. The van der Waals surface area contributed by atoms with E-state index in [1.165, 1.54) is 71.0 Å². The summed E-state index contributed by atoms with van der Waals surface area (Å²) in [6, 6.07) is 4.32. The first-order valence-corrected chi connectivity index (χ1v) is 9.06. The fraction of sp³-hybridized carbons (Fsp3) is 1.00. The molecule has 0 spiro atoms. The number of nitrogens with zero attached hydrogens (tertiary/aromatic N) is 2. The molecule has 114 valence electrons. The summed E-state index contributed by atoms with van der Waals surface area (Å²) in [7, 11) is 0. The van der Waals surface area contributed by atoms with Gasteiger partial charge in [0.05, 0.1) is 0 Å². The summed E-state index contributed by atoms with van der Waals surface area (Å²) in [6.45, 7) is 6.39. The van der Waals surface area contributed by atoms with Gasteiger partial charge in [-0.05, 0) is 58.4 Å². The molecule has 2 heterocycles. The van der Waals surface area contributed by atoms with Gasteiger partial charge in [0.1, 0.15) is 0 Å². The van der Waals surface area contributed by atoms with E-state index in [0.29, 0.717) is 0 Å². The van der Waals surface area contributed by atoms with Crippen LogP contribution in [0, 0.1) is 0 Å². The maximum atomic E-state index is 3.76. The normalized spacial score (nSPS) is 39.6. The Morgan fingerprint density at radius 1 is 1.05 bits per heavy atom. The molecule has 0 aromatic heterocycles. The number of hydrogen-bond donors (Lipinski definition) is 1. The van der Waals surface area contributed by atoms with Crippen LogP contribution in [0.1, 0.15) is 58.3 Å². The first kappa shape index (κ1) is 13.5. The molecule has 3 atom stereocenters. The summed E-state index contributed by atoms with van der Waals surface area (Å²) in [5.41, 5.74) is 0. The first-order chi connectivity index (χ1) is 9.81. The van der Waals surface area contributed by atoms with Crippen molar-refractivity contribution >= 4 is 0 Å². The number of rotatable bonds is 5. The van der Waals surface area contributed by atoms with Crippen LogP contribution in [-0.2, 0) is 0 Å². The number of nitrogens with one attached hydrogen (secondary N) is 1. The van der Waals surface area contributed by atoms with Crippen LogP contribution in [0.25, 0.3) is 0 Å². The predicted octanol–water partition coefficient (Wildman–Crippen LogP) is 2.22. The van der Waals surface area contributed by atoms with Crippen molar-refractivity contribution in [3.63, 3.8) is 0 Å². The molecule has 3 unspecified atom stereocenters. The van der Waals surface area contributed by atoms with Crippen molar-refractivity contribution in [2.24, 2.45) is 0 Å². The van der Waals surface area contributed by atoms with Crippen molar-refractivity contribution in [3.05, 3.63) is 0 Å². The molecule has 1 N–H and O–H groups in total. The molecule has 2 saturated carbocycles. The Labute approximate surface area is 124 Å². The molecule has 2 aliphatic carbocycles. The average molecular weight is 277 g/mol. The van der Waals surface area contributed by atoms with Crippen LogP contribution in [0.2, 0.25) is 0 Å². The second-order valence-corrected chi connectivity index (χ2v) is 7.74. The van der Waals surface area contributed by atoms with Gasteiger partial charge in [0, 0.05) is 43.3 Å². The fourth-order valence-corrected chi connectivity index (χ4v) is 4.52. The highest BCUT2D eigenvalue weighted by molar-refractivity contribution is 5.00. The number of likely N-dealkylation sites (tertiary alicyclic amines) is 1. The van der Waals surface area contributed by atoms with Crippen LogP contribution in [0.15, 0.2) is 0 Å². The lowest BCUT2D eigenvalue weighted by atomic mass is 10.0. The second-order valence-electron chi connectivity index (χ2n) is 7.74. The molecule has 4 fully saturated rings. The van der Waals surface area contributed by atoms with E-state index >= 15 is 0 Å². The zero-order valence-corrected chi connectivity index (χ0v) is 13.1. The van der Waals surface area contributed by atoms with Crippen molar-refractivity contribution in [2.75, 3.05) is 19.6 Å². The average Bonchev–Trinajstić information content (AvgIpc) is 3.36. The number of piperidine rings is 1. The minimum Gasteiger partial charge on any atom is -0.313 e. The molecule has 4 aliphatic rings. The molecule has 4 rings (SSSR count). The Morgan fingerprint density at radius 3 is 2.55 bits per heavy atom. The van der Waals surface area contributed by atoms with Gasteiger partial charge in [0.2, 0.25) is 0 Å². The van der Waals surface area contributed by atoms with Crippen LogP contribution >= 0.6 is 0 Å². The van der Waals surface area contributed by atoms with E-state index < -0.39 is 0 Å². The van der Waals surface area contributed by atoms with Gasteiger partial charge in [-0.15, -0.1) is 0 Å². The summed E-state index contributed by atoms with van der Waals surface area (Å²) in [4.78, 5) is 5.72. The summed E-state index contributed by atoms with van der Waals surface area (Å²) in [5.74, 6) is 0. The monoisotopic (exact) mass is 277 g/mol. The smallest absolute Gasteiger partial charge is 0.0241 e. The van der Waals surface area contributed by atoms with E-state index in [2.05, 4.69) is 22.0 Å². The standard InChI is InChI=1S/C17H31N3/c1-13-10-17(12-19(13)15-5-6-15)20(16-7-8-16)11-14-4-2-3-9-18-14/h13-18H,2-12H2,1H3. The largest absolute Gasteiger partial charge is 0.313 e. The van der Waals surface area contributed by atoms with Crippen LogP contribution in [-0.4, -0.2) is 59.6 Å². The Bertz CT molecular complexity index is 331. The molecule has 0 radical (unpaired) electrons. The Kier molecular flexibility index (Phi) is 3.78. The summed E-state index contributed by atoms with van der Waals surface area (Å²) >= 11 is 0. The Balaban J connectivity index is 1.38. The van der Waals surface area contributed by atoms with Crippen LogP contribution in [0.3, 0.4) is 0 Å². The van der Waals surface area contributed by atoms with Gasteiger partial charge in [-0.25, -0.2) is 0 Å². The molecule has 2 aliphatic heterocycles. The minimum atomic E-state index is 0.773. The van der Waals surface area contributed by atoms with Crippen molar-refractivity contribution in [1.29, 1.82) is 0 Å². The second kappa shape index (κ2) is 5.58. The van der Waals surface area contributed by atoms with Gasteiger partial charge in [0.15, 0.2) is 0 Å². The van der Waals surface area contributed by atoms with Crippen molar-refractivity contribution in [2.45, 2.75) is 88.5 Å². The molecule has 0 amide bonds. The van der Waals surface area contributed by atoms with Gasteiger partial charge in [0.25, 0.3) is 0 Å². The van der Waals surface area contributed by atoms with E-state index in [4.69, 9.17) is 0 Å². The summed E-state index contributed by atoms with van der Waals surface area (Å²) < 4.78 is 0. The Hall–Kier alpha value is -0.120. The predicted molar refractivity (Wildman–Crippen MR) is 83.0 cm³/mol. The molecular formula is C17H31N3. The van der Waals surface area contributed by atoms with E-state index in [1.54, 1.807) is 0 Å². The third-order valence-corrected chi connectivity index (χ3v) is 5.95. The van der Waals surface area contributed by atoms with Gasteiger partial charge < -0.3 is 5.32 Å². The van der Waals surface area contributed by atoms with E-state index in [1.807, 2.05) is 0 Å². The van der Waals surface area contributed by atoms with Crippen LogP contribution in [0.4, 0.5) is 0 Å². The van der Waals surface area contributed by atoms with Gasteiger partial charge >= 0.3 is 0 Å². The maximum Gasteiger partial charge on any atom is 0.0241 e. The van der Waals surface area contributed by atoms with E-state index in [-0.39, 0.29) is 0 Å². The number of hydrogen-bond acceptors (Lipinski definition) is 3. The third kappa shape index (κ3) is 2.90. The zero-order chi connectivity index (χ0) is 13.5. The lowest BCUT2D eigenvalue weighted by molar-refractivity contribution is 0.154. The highest BCUT2D eigenvalue weighted by Crippen LogP contribution is 2.38. The van der Waals surface area contributed by atoms with E-state index in [9.17, 15) is 0 Å². The Morgan fingerprint density at radius 2 is 1.90 bits per heavy atom. The topological polar surface area (TPSA) is 18.5 Å². The fourth-order valence-electron chi connectivity index (χ4n) is 4.52. The van der Waals surface area contributed by atoms with Gasteiger partial charge in [-0.3, -0.25) is 9.80 Å². The highest BCUT2D eigenvalue weighted by atomic mass is 15.3. The molecular weight excluding hydrogens is 246 g/mol. The summed E-state index contributed by atoms with van der Waals surface area (Å²) in [6.07, 6.45) is 11.5. The van der Waals surface area contributed by atoms with Crippen molar-refractivity contribution < 1.29 is 0 Å². The van der Waals surface area contributed by atoms with Gasteiger partial charge in [-0.1, -0.05) is 6.42 Å². The molecule has 0 aromatic carbocycles. The summed E-state index contributed by atoms with van der Waals surface area (Å²) in [5, 5.41) is 3.76. The van der Waals surface area contributed by atoms with Crippen LogP contribution in [0.5, 0.6) is 0 Å². The van der Waals surface area contributed by atoms with Crippen LogP contribution < -0.4 is 5.32 Å². The van der Waals surface area contributed by atoms with Crippen molar-refractivity contribution in [3.8, 4) is 0 Å². The zero-order valence-electron chi connectivity index (χ0n) is 13.1. The molecule has 3 nitrogen and oxygen atoms in total. The lowest BCUT2D eigenvalue weighted by Gasteiger charge is -2.34. The minimum absolute atomic E-state index is 0.773. The molecule has 0 bridgehead atoms. The van der Waals surface area contributed by atoms with Gasteiger partial charge in [-0.2, -0.15) is 0 Å².